The van der Waals surface area contributed by atoms with Crippen molar-refractivity contribution < 1.29 is 9.53 Å². The Labute approximate surface area is 123 Å². The molecule has 2 rings (SSSR count). The van der Waals surface area contributed by atoms with Gasteiger partial charge in [0.2, 0.25) is 0 Å². The largest absolute Gasteiger partial charge is 0.461 e. The van der Waals surface area contributed by atoms with Crippen LogP contribution in [0.15, 0.2) is 12.4 Å². The molecular weight excluding hydrogens is 270 g/mol. The number of anilines is 1. The van der Waals surface area contributed by atoms with Crippen LogP contribution in [-0.4, -0.2) is 31.9 Å². The Morgan fingerprint density at radius 2 is 2.19 bits per heavy atom. The summed E-state index contributed by atoms with van der Waals surface area (Å²) in [5.74, 6) is 0.693. The zero-order valence-corrected chi connectivity index (χ0v) is 12.7. The van der Waals surface area contributed by atoms with Crippen LogP contribution in [-0.2, 0) is 31.2 Å². The van der Waals surface area contributed by atoms with E-state index in [0.717, 1.165) is 17.8 Å². The number of aromatic nitrogens is 4. The molecule has 0 bridgehead atoms. The van der Waals surface area contributed by atoms with E-state index in [2.05, 4.69) is 10.1 Å². The Kier molecular flexibility index (Phi) is 4.62. The van der Waals surface area contributed by atoms with Gasteiger partial charge in [0.1, 0.15) is 11.6 Å². The van der Waals surface area contributed by atoms with Crippen molar-refractivity contribution in [2.75, 3.05) is 12.3 Å². The summed E-state index contributed by atoms with van der Waals surface area (Å²) in [6.07, 6.45) is 5.27. The number of hydrogen-bond donors (Lipinski definition) is 1. The van der Waals surface area contributed by atoms with E-state index >= 15 is 0 Å². The molecule has 2 aromatic rings. The topological polar surface area (TPSA) is 88.0 Å². The highest BCUT2D eigenvalue weighted by Gasteiger charge is 2.20. The maximum absolute atomic E-state index is 11.8. The molecule has 2 N–H and O–H groups in total. The predicted molar refractivity (Wildman–Crippen MR) is 78.9 cm³/mol. The lowest BCUT2D eigenvalue weighted by Crippen LogP contribution is -2.11. The molecule has 114 valence electrons. The van der Waals surface area contributed by atoms with Crippen LogP contribution < -0.4 is 5.73 Å². The fourth-order valence-corrected chi connectivity index (χ4v) is 2.22. The zero-order valence-electron chi connectivity index (χ0n) is 12.7. The maximum Gasteiger partial charge on any atom is 0.360 e. The SMILES string of the molecule is CCOC(=O)c1nc(CC)n(CCc2cnn(C)c2)c1N. The predicted octanol–water partition coefficient (Wildman–Crippen LogP) is 1.18. The first-order chi connectivity index (χ1) is 10.1. The Hall–Kier alpha value is -2.31. The minimum Gasteiger partial charge on any atom is -0.461 e. The fraction of sp³-hybridized carbons (Fsp3) is 0.500. The van der Waals surface area contributed by atoms with Crippen LogP contribution in [0.2, 0.25) is 0 Å². The first-order valence-corrected chi connectivity index (χ1v) is 7.06. The maximum atomic E-state index is 11.8. The smallest absolute Gasteiger partial charge is 0.360 e. The number of rotatable bonds is 6. The van der Waals surface area contributed by atoms with Crippen molar-refractivity contribution in [3.05, 3.63) is 29.5 Å². The normalized spacial score (nSPS) is 10.8. The van der Waals surface area contributed by atoms with Gasteiger partial charge in [0, 0.05) is 26.2 Å². The molecule has 7 nitrogen and oxygen atoms in total. The molecule has 0 aliphatic rings. The molecule has 0 saturated heterocycles. The molecule has 0 amide bonds. The van der Waals surface area contributed by atoms with E-state index in [1.807, 2.05) is 30.9 Å². The van der Waals surface area contributed by atoms with E-state index in [1.54, 1.807) is 11.6 Å². The number of aryl methyl sites for hydroxylation is 3. The number of esters is 1. The van der Waals surface area contributed by atoms with Gasteiger partial charge in [-0.2, -0.15) is 5.10 Å². The molecular formula is C14H21N5O2. The monoisotopic (exact) mass is 291 g/mol. The van der Waals surface area contributed by atoms with Crippen molar-refractivity contribution in [3.8, 4) is 0 Å². The van der Waals surface area contributed by atoms with Crippen LogP contribution in [0.1, 0.15) is 35.7 Å². The van der Waals surface area contributed by atoms with Gasteiger partial charge < -0.3 is 15.0 Å². The molecule has 0 radical (unpaired) electrons. The van der Waals surface area contributed by atoms with Crippen molar-refractivity contribution in [1.29, 1.82) is 0 Å². The van der Waals surface area contributed by atoms with Crippen LogP contribution in [0.25, 0.3) is 0 Å². The van der Waals surface area contributed by atoms with Gasteiger partial charge in [-0.15, -0.1) is 0 Å². The van der Waals surface area contributed by atoms with Crippen molar-refractivity contribution in [3.63, 3.8) is 0 Å². The summed E-state index contributed by atoms with van der Waals surface area (Å²) in [6.45, 7) is 4.71. The fourth-order valence-electron chi connectivity index (χ4n) is 2.22. The van der Waals surface area contributed by atoms with Crippen LogP contribution >= 0.6 is 0 Å². The highest BCUT2D eigenvalue weighted by Crippen LogP contribution is 2.17. The lowest BCUT2D eigenvalue weighted by Gasteiger charge is -2.07. The van der Waals surface area contributed by atoms with Gasteiger partial charge >= 0.3 is 5.97 Å². The standard InChI is InChI=1S/C14H21N5O2/c1-4-11-17-12(14(20)21-5-2)13(15)19(11)7-6-10-8-16-18(3)9-10/h8-9H,4-7,15H2,1-3H3. The molecule has 0 unspecified atom stereocenters. The highest BCUT2D eigenvalue weighted by atomic mass is 16.5. The number of carbonyl (C=O) groups is 1. The number of hydrogen-bond acceptors (Lipinski definition) is 5. The molecule has 0 spiro atoms. The third kappa shape index (κ3) is 3.24. The van der Waals surface area contributed by atoms with Crippen LogP contribution in [0.5, 0.6) is 0 Å². The zero-order chi connectivity index (χ0) is 15.4. The van der Waals surface area contributed by atoms with Gasteiger partial charge in [-0.3, -0.25) is 4.68 Å². The molecule has 0 fully saturated rings. The minimum atomic E-state index is -0.468. The summed E-state index contributed by atoms with van der Waals surface area (Å²) in [5, 5.41) is 4.14. The summed E-state index contributed by atoms with van der Waals surface area (Å²) in [4.78, 5) is 16.1. The third-order valence-electron chi connectivity index (χ3n) is 3.25. The first kappa shape index (κ1) is 15.1. The molecule has 2 aromatic heterocycles. The highest BCUT2D eigenvalue weighted by molar-refractivity contribution is 5.92. The quantitative estimate of drug-likeness (QED) is 0.807. The van der Waals surface area contributed by atoms with Crippen LogP contribution in [0.4, 0.5) is 5.82 Å². The Morgan fingerprint density at radius 3 is 2.76 bits per heavy atom. The molecule has 0 aliphatic heterocycles. The molecule has 7 heteroatoms. The second-order valence-corrected chi connectivity index (χ2v) is 4.76. The van der Waals surface area contributed by atoms with Crippen LogP contribution in [0.3, 0.4) is 0 Å². The molecule has 0 aromatic carbocycles. The molecule has 0 atom stereocenters. The summed E-state index contributed by atoms with van der Waals surface area (Å²) in [5.41, 5.74) is 7.38. The van der Waals surface area contributed by atoms with E-state index in [1.165, 1.54) is 0 Å². The van der Waals surface area contributed by atoms with Crippen molar-refractivity contribution in [2.24, 2.45) is 7.05 Å². The number of ether oxygens (including phenoxy) is 1. The Morgan fingerprint density at radius 1 is 1.43 bits per heavy atom. The molecule has 21 heavy (non-hydrogen) atoms. The van der Waals surface area contributed by atoms with E-state index in [-0.39, 0.29) is 5.69 Å². The third-order valence-corrected chi connectivity index (χ3v) is 3.25. The van der Waals surface area contributed by atoms with E-state index in [0.29, 0.717) is 25.4 Å². The van der Waals surface area contributed by atoms with Crippen molar-refractivity contribution in [1.82, 2.24) is 19.3 Å². The molecule has 0 aliphatic carbocycles. The van der Waals surface area contributed by atoms with Gasteiger partial charge in [0.25, 0.3) is 0 Å². The number of carbonyl (C=O) groups excluding carboxylic acids is 1. The number of imidazole rings is 1. The first-order valence-electron chi connectivity index (χ1n) is 7.06. The van der Waals surface area contributed by atoms with E-state index in [4.69, 9.17) is 10.5 Å². The molecule has 0 saturated carbocycles. The second kappa shape index (κ2) is 6.43. The Balaban J connectivity index is 2.19. The van der Waals surface area contributed by atoms with Crippen molar-refractivity contribution >= 4 is 11.8 Å². The van der Waals surface area contributed by atoms with Gasteiger partial charge in [-0.25, -0.2) is 9.78 Å². The summed E-state index contributed by atoms with van der Waals surface area (Å²) >= 11 is 0. The second-order valence-electron chi connectivity index (χ2n) is 4.76. The summed E-state index contributed by atoms with van der Waals surface area (Å²) < 4.78 is 8.62. The number of nitrogens with zero attached hydrogens (tertiary/aromatic N) is 4. The minimum absolute atomic E-state index is 0.208. The average Bonchev–Trinajstić information content (AvgIpc) is 3.00. The van der Waals surface area contributed by atoms with Crippen molar-refractivity contribution in [2.45, 2.75) is 33.2 Å². The van der Waals surface area contributed by atoms with Gasteiger partial charge in [0.15, 0.2) is 5.69 Å². The summed E-state index contributed by atoms with van der Waals surface area (Å²) in [6, 6.07) is 0. The number of nitrogen functional groups attached to an aromatic ring is 1. The summed E-state index contributed by atoms with van der Waals surface area (Å²) in [7, 11) is 1.88. The Bertz CT molecular complexity index is 629. The molecule has 2 heterocycles. The van der Waals surface area contributed by atoms with E-state index < -0.39 is 5.97 Å². The van der Waals surface area contributed by atoms with Crippen LogP contribution in [0, 0.1) is 0 Å². The lowest BCUT2D eigenvalue weighted by molar-refractivity contribution is 0.0521. The lowest BCUT2D eigenvalue weighted by atomic mass is 10.2. The van der Waals surface area contributed by atoms with Gasteiger partial charge in [-0.05, 0) is 18.9 Å². The van der Waals surface area contributed by atoms with Gasteiger partial charge in [0.05, 0.1) is 12.8 Å². The number of nitrogens with two attached hydrogens (primary N) is 1. The van der Waals surface area contributed by atoms with E-state index in [9.17, 15) is 4.79 Å². The average molecular weight is 291 g/mol. The van der Waals surface area contributed by atoms with Gasteiger partial charge in [-0.1, -0.05) is 6.92 Å².